The highest BCUT2D eigenvalue weighted by molar-refractivity contribution is 6.05. The Morgan fingerprint density at radius 1 is 0.861 bits per heavy atom. The first kappa shape index (κ1) is 24.3. The molecule has 1 aromatic heterocycles. The number of methoxy groups -OCH3 is 3. The SMILES string of the molecule is COC(=O)c1ccccc1NC(=O)Nc1cccc(CNc2ncnc3cc(OC)c(OC)cc23)c1. The number of nitrogens with one attached hydrogen (secondary N) is 3. The summed E-state index contributed by atoms with van der Waals surface area (Å²) in [4.78, 5) is 33.2. The topological polar surface area (TPSA) is 124 Å². The van der Waals surface area contributed by atoms with Gasteiger partial charge < -0.3 is 30.2 Å². The molecule has 0 bridgehead atoms. The summed E-state index contributed by atoms with van der Waals surface area (Å²) < 4.78 is 15.5. The van der Waals surface area contributed by atoms with E-state index in [4.69, 9.17) is 14.2 Å². The number of carbonyl (C=O) groups is 2. The van der Waals surface area contributed by atoms with E-state index < -0.39 is 12.0 Å². The Kier molecular flexibility index (Phi) is 7.45. The Balaban J connectivity index is 1.46. The Bertz CT molecular complexity index is 1410. The summed E-state index contributed by atoms with van der Waals surface area (Å²) in [6.45, 7) is 0.447. The van der Waals surface area contributed by atoms with Crippen LogP contribution in [0.5, 0.6) is 11.5 Å². The molecule has 0 saturated heterocycles. The van der Waals surface area contributed by atoms with Crippen molar-refractivity contribution in [1.82, 2.24) is 9.97 Å². The molecule has 0 atom stereocenters. The number of hydrogen-bond donors (Lipinski definition) is 3. The fourth-order valence-corrected chi connectivity index (χ4v) is 3.63. The van der Waals surface area contributed by atoms with E-state index in [1.54, 1.807) is 50.6 Å². The third-order valence-corrected chi connectivity index (χ3v) is 5.37. The summed E-state index contributed by atoms with van der Waals surface area (Å²) >= 11 is 0. The predicted octanol–water partition coefficient (Wildman–Crippen LogP) is 4.69. The zero-order valence-electron chi connectivity index (χ0n) is 20.0. The fourth-order valence-electron chi connectivity index (χ4n) is 3.63. The number of urea groups is 1. The molecule has 3 N–H and O–H groups in total. The van der Waals surface area contributed by atoms with Gasteiger partial charge in [-0.1, -0.05) is 24.3 Å². The molecular weight excluding hydrogens is 462 g/mol. The maximum Gasteiger partial charge on any atom is 0.339 e. The van der Waals surface area contributed by atoms with Gasteiger partial charge in [-0.3, -0.25) is 0 Å². The van der Waals surface area contributed by atoms with Gasteiger partial charge in [-0.05, 0) is 35.9 Å². The lowest BCUT2D eigenvalue weighted by molar-refractivity contribution is 0.0602. The molecule has 1 heterocycles. The van der Waals surface area contributed by atoms with Gasteiger partial charge in [0.25, 0.3) is 0 Å². The number of ether oxygens (including phenoxy) is 3. The fraction of sp³-hybridized carbons (Fsp3) is 0.154. The third-order valence-electron chi connectivity index (χ3n) is 5.37. The largest absolute Gasteiger partial charge is 0.493 e. The number of rotatable bonds is 8. The highest BCUT2D eigenvalue weighted by atomic mass is 16.5. The molecule has 10 heteroatoms. The molecule has 0 fully saturated rings. The second-order valence-electron chi connectivity index (χ2n) is 7.62. The van der Waals surface area contributed by atoms with Crippen LogP contribution in [-0.2, 0) is 11.3 Å². The number of hydrogen-bond acceptors (Lipinski definition) is 8. The summed E-state index contributed by atoms with van der Waals surface area (Å²) in [6.07, 6.45) is 1.48. The Morgan fingerprint density at radius 2 is 1.64 bits per heavy atom. The monoisotopic (exact) mass is 487 g/mol. The minimum absolute atomic E-state index is 0.263. The van der Waals surface area contributed by atoms with E-state index in [1.165, 1.54) is 13.4 Å². The summed E-state index contributed by atoms with van der Waals surface area (Å²) in [5, 5.41) is 9.57. The standard InChI is InChI=1S/C26H25N5O5/c1-34-22-12-19-21(13-23(22)35-2)28-15-29-24(19)27-14-16-7-6-8-17(11-16)30-26(33)31-20-10-5-4-9-18(20)25(32)36-3/h4-13,15H,14H2,1-3H3,(H,27,28,29)(H2,30,31,33). The van der Waals surface area contributed by atoms with Crippen molar-refractivity contribution in [2.75, 3.05) is 37.3 Å². The van der Waals surface area contributed by atoms with Crippen molar-refractivity contribution < 1.29 is 23.8 Å². The highest BCUT2D eigenvalue weighted by Gasteiger charge is 2.14. The molecule has 0 spiro atoms. The van der Waals surface area contributed by atoms with Crippen LogP contribution < -0.4 is 25.4 Å². The van der Waals surface area contributed by atoms with Gasteiger partial charge in [0.05, 0.1) is 38.1 Å². The second kappa shape index (κ2) is 11.0. The number of esters is 1. The molecule has 0 aliphatic rings. The normalized spacial score (nSPS) is 10.4. The van der Waals surface area contributed by atoms with Crippen molar-refractivity contribution in [3.8, 4) is 11.5 Å². The van der Waals surface area contributed by atoms with Crippen LogP contribution in [0, 0.1) is 0 Å². The van der Waals surface area contributed by atoms with Gasteiger partial charge >= 0.3 is 12.0 Å². The van der Waals surface area contributed by atoms with Crippen molar-refractivity contribution in [3.05, 3.63) is 78.1 Å². The molecule has 2 amide bonds. The van der Waals surface area contributed by atoms with E-state index in [-0.39, 0.29) is 5.56 Å². The van der Waals surface area contributed by atoms with Crippen LogP contribution in [0.15, 0.2) is 67.0 Å². The molecule has 0 radical (unpaired) electrons. The van der Waals surface area contributed by atoms with Crippen molar-refractivity contribution in [2.24, 2.45) is 0 Å². The van der Waals surface area contributed by atoms with Crippen LogP contribution in [0.3, 0.4) is 0 Å². The Hall–Kier alpha value is -4.86. The lowest BCUT2D eigenvalue weighted by Crippen LogP contribution is -2.21. The van der Waals surface area contributed by atoms with Gasteiger partial charge in [0, 0.05) is 23.7 Å². The number of aromatic nitrogens is 2. The quantitative estimate of drug-likeness (QED) is 0.306. The first-order valence-electron chi connectivity index (χ1n) is 11.0. The van der Waals surface area contributed by atoms with E-state index in [9.17, 15) is 9.59 Å². The van der Waals surface area contributed by atoms with Gasteiger partial charge in [-0.2, -0.15) is 0 Å². The number of fused-ring (bicyclic) bond motifs is 1. The van der Waals surface area contributed by atoms with Crippen LogP contribution in [-0.4, -0.2) is 43.3 Å². The number of carbonyl (C=O) groups excluding carboxylic acids is 2. The summed E-state index contributed by atoms with van der Waals surface area (Å²) in [5.74, 6) is 1.26. The molecule has 0 aliphatic heterocycles. The van der Waals surface area contributed by atoms with Crippen molar-refractivity contribution in [3.63, 3.8) is 0 Å². The van der Waals surface area contributed by atoms with Crippen LogP contribution in [0.25, 0.3) is 10.9 Å². The molecule has 0 aliphatic carbocycles. The van der Waals surface area contributed by atoms with Crippen LogP contribution in [0.1, 0.15) is 15.9 Å². The molecule has 36 heavy (non-hydrogen) atoms. The molecule has 4 rings (SSSR count). The van der Waals surface area contributed by atoms with Gasteiger partial charge in [0.2, 0.25) is 0 Å². The number of nitrogens with zero attached hydrogens (tertiary/aromatic N) is 2. The first-order chi connectivity index (χ1) is 17.5. The summed E-state index contributed by atoms with van der Waals surface area (Å²) in [6, 6.07) is 17.1. The Morgan fingerprint density at radius 3 is 2.42 bits per heavy atom. The van der Waals surface area contributed by atoms with Crippen molar-refractivity contribution in [2.45, 2.75) is 6.54 Å². The van der Waals surface area contributed by atoms with Gasteiger partial charge in [0.1, 0.15) is 12.1 Å². The molecule has 184 valence electrons. The lowest BCUT2D eigenvalue weighted by Gasteiger charge is -2.13. The lowest BCUT2D eigenvalue weighted by atomic mass is 10.1. The highest BCUT2D eigenvalue weighted by Crippen LogP contribution is 2.33. The maximum absolute atomic E-state index is 12.6. The van der Waals surface area contributed by atoms with Gasteiger partial charge in [-0.25, -0.2) is 19.6 Å². The van der Waals surface area contributed by atoms with E-state index in [0.717, 1.165) is 10.9 Å². The number of amides is 2. The van der Waals surface area contributed by atoms with Crippen molar-refractivity contribution >= 4 is 40.1 Å². The van der Waals surface area contributed by atoms with E-state index >= 15 is 0 Å². The third kappa shape index (κ3) is 5.44. The molecule has 4 aromatic rings. The molecule has 3 aromatic carbocycles. The molecule has 0 unspecified atom stereocenters. The Labute approximate surface area is 207 Å². The maximum atomic E-state index is 12.6. The molecule has 0 saturated carbocycles. The smallest absolute Gasteiger partial charge is 0.339 e. The second-order valence-corrected chi connectivity index (χ2v) is 7.62. The summed E-state index contributed by atoms with van der Waals surface area (Å²) in [5.41, 5.74) is 2.82. The number of anilines is 3. The number of para-hydroxylation sites is 1. The van der Waals surface area contributed by atoms with E-state index in [2.05, 4.69) is 25.9 Å². The zero-order valence-corrected chi connectivity index (χ0v) is 20.0. The average molecular weight is 488 g/mol. The molecule has 10 nitrogen and oxygen atoms in total. The molecular formula is C26H25N5O5. The van der Waals surface area contributed by atoms with Crippen LogP contribution in [0.2, 0.25) is 0 Å². The zero-order chi connectivity index (χ0) is 25.5. The minimum Gasteiger partial charge on any atom is -0.493 e. The van der Waals surface area contributed by atoms with E-state index in [1.807, 2.05) is 24.3 Å². The predicted molar refractivity (Wildman–Crippen MR) is 137 cm³/mol. The number of benzene rings is 3. The van der Waals surface area contributed by atoms with Crippen LogP contribution >= 0.6 is 0 Å². The van der Waals surface area contributed by atoms with Gasteiger partial charge in [0.15, 0.2) is 11.5 Å². The van der Waals surface area contributed by atoms with Crippen LogP contribution in [0.4, 0.5) is 22.0 Å². The van der Waals surface area contributed by atoms with Gasteiger partial charge in [-0.15, -0.1) is 0 Å². The minimum atomic E-state index is -0.535. The van der Waals surface area contributed by atoms with Crippen molar-refractivity contribution in [1.29, 1.82) is 0 Å². The summed E-state index contributed by atoms with van der Waals surface area (Å²) in [7, 11) is 4.43. The average Bonchev–Trinajstić information content (AvgIpc) is 2.91. The first-order valence-corrected chi connectivity index (χ1v) is 11.0. The van der Waals surface area contributed by atoms with E-state index in [0.29, 0.717) is 40.8 Å².